The minimum absolute atomic E-state index is 0. The summed E-state index contributed by atoms with van der Waals surface area (Å²) in [6, 6.07) is 8.54. The third-order valence-corrected chi connectivity index (χ3v) is 4.79. The van der Waals surface area contributed by atoms with Gasteiger partial charge in [-0.25, -0.2) is 9.97 Å². The highest BCUT2D eigenvalue weighted by Crippen LogP contribution is 2.19. The van der Waals surface area contributed by atoms with Crippen molar-refractivity contribution in [2.75, 3.05) is 51.2 Å². The minimum atomic E-state index is -2.85. The number of hydrogen-bond acceptors (Lipinski definition) is 6. The van der Waals surface area contributed by atoms with Crippen LogP contribution in [0.4, 0.5) is 14.7 Å². The zero-order chi connectivity index (χ0) is 21.2. The van der Waals surface area contributed by atoms with E-state index in [-0.39, 0.29) is 29.7 Å². The molecule has 0 unspecified atom stereocenters. The number of guanidine groups is 1. The molecule has 1 aliphatic heterocycles. The Hall–Kier alpha value is -2.28. The summed E-state index contributed by atoms with van der Waals surface area (Å²) in [5.41, 5.74) is 0.639. The highest BCUT2D eigenvalue weighted by Gasteiger charge is 2.18. The topological polar surface area (TPSA) is 77.9 Å². The number of alkyl halides is 2. The van der Waals surface area contributed by atoms with E-state index < -0.39 is 6.61 Å². The van der Waals surface area contributed by atoms with E-state index in [1.807, 2.05) is 6.07 Å². The van der Waals surface area contributed by atoms with Gasteiger partial charge in [-0.2, -0.15) is 8.78 Å². The fourth-order valence-corrected chi connectivity index (χ4v) is 3.22. The van der Waals surface area contributed by atoms with Gasteiger partial charge in [0, 0.05) is 70.8 Å². The summed E-state index contributed by atoms with van der Waals surface area (Å²) in [4.78, 5) is 17.3. The molecule has 0 saturated carbocycles. The second-order valence-electron chi connectivity index (χ2n) is 6.72. The van der Waals surface area contributed by atoms with E-state index in [0.29, 0.717) is 18.1 Å². The number of halogens is 3. The SMILES string of the molecule is CN=C(NCCN1CCN(c2ncccn2)CC1)NCc1ccccc1OC(F)F.I. The maximum Gasteiger partial charge on any atom is 0.387 e. The van der Waals surface area contributed by atoms with E-state index in [9.17, 15) is 8.78 Å². The molecule has 2 aromatic rings. The number of hydrogen-bond donors (Lipinski definition) is 2. The number of anilines is 1. The zero-order valence-corrected chi connectivity index (χ0v) is 19.7. The smallest absolute Gasteiger partial charge is 0.387 e. The molecule has 1 aromatic heterocycles. The van der Waals surface area contributed by atoms with Crippen LogP contribution in [-0.4, -0.2) is 73.8 Å². The second kappa shape index (κ2) is 13.2. The van der Waals surface area contributed by atoms with Gasteiger partial charge < -0.3 is 20.3 Å². The number of nitrogens with zero attached hydrogens (tertiary/aromatic N) is 5. The predicted octanol–water partition coefficient (Wildman–Crippen LogP) is 2.18. The van der Waals surface area contributed by atoms with Crippen LogP contribution in [0, 0.1) is 0 Å². The molecule has 1 aromatic carbocycles. The number of rotatable bonds is 8. The van der Waals surface area contributed by atoms with Gasteiger partial charge in [-0.3, -0.25) is 9.89 Å². The first kappa shape index (κ1) is 25.0. The third-order valence-electron chi connectivity index (χ3n) is 4.79. The van der Waals surface area contributed by atoms with Crippen molar-refractivity contribution >= 4 is 35.9 Å². The van der Waals surface area contributed by atoms with Crippen LogP contribution in [0.1, 0.15) is 5.56 Å². The lowest BCUT2D eigenvalue weighted by atomic mass is 10.2. The fraction of sp³-hybridized carbons (Fsp3) is 0.450. The van der Waals surface area contributed by atoms with Crippen molar-refractivity contribution in [3.63, 3.8) is 0 Å². The van der Waals surface area contributed by atoms with Crippen LogP contribution in [0.25, 0.3) is 0 Å². The highest BCUT2D eigenvalue weighted by atomic mass is 127. The molecule has 0 atom stereocenters. The molecule has 1 fully saturated rings. The fourth-order valence-electron chi connectivity index (χ4n) is 3.22. The second-order valence-corrected chi connectivity index (χ2v) is 6.72. The molecule has 170 valence electrons. The molecule has 1 saturated heterocycles. The maximum atomic E-state index is 12.5. The first-order valence-corrected chi connectivity index (χ1v) is 9.87. The van der Waals surface area contributed by atoms with E-state index in [0.717, 1.165) is 45.2 Å². The van der Waals surface area contributed by atoms with Crippen molar-refractivity contribution in [2.45, 2.75) is 13.2 Å². The maximum absolute atomic E-state index is 12.5. The molecule has 0 bridgehead atoms. The average Bonchev–Trinajstić information content (AvgIpc) is 2.77. The van der Waals surface area contributed by atoms with Gasteiger partial charge in [0.15, 0.2) is 5.96 Å². The average molecular weight is 547 g/mol. The number of piperazine rings is 1. The van der Waals surface area contributed by atoms with Gasteiger partial charge in [0.25, 0.3) is 0 Å². The molecule has 2 heterocycles. The van der Waals surface area contributed by atoms with Crippen LogP contribution in [0.15, 0.2) is 47.7 Å². The van der Waals surface area contributed by atoms with Gasteiger partial charge in [-0.05, 0) is 12.1 Å². The molecule has 0 aliphatic carbocycles. The standard InChI is InChI=1S/C20H27F2N7O.HI/c1-23-19(27-15-16-5-2-3-6-17(16)30-18(21)22)24-9-10-28-11-13-29(14-12-28)20-25-7-4-8-26-20;/h2-8,18H,9-15H2,1H3,(H2,23,24,27);1H. The minimum Gasteiger partial charge on any atom is -0.434 e. The van der Waals surface area contributed by atoms with Gasteiger partial charge in [-0.15, -0.1) is 24.0 Å². The van der Waals surface area contributed by atoms with E-state index in [2.05, 4.69) is 40.1 Å². The van der Waals surface area contributed by atoms with Crippen LogP contribution in [0.3, 0.4) is 0 Å². The molecule has 0 radical (unpaired) electrons. The molecule has 3 rings (SSSR count). The van der Waals surface area contributed by atoms with Crippen molar-refractivity contribution in [1.82, 2.24) is 25.5 Å². The Kier molecular flexibility index (Phi) is 10.6. The zero-order valence-electron chi connectivity index (χ0n) is 17.4. The van der Waals surface area contributed by atoms with Crippen molar-refractivity contribution in [3.8, 4) is 5.75 Å². The Bertz CT molecular complexity index is 805. The van der Waals surface area contributed by atoms with E-state index in [1.165, 1.54) is 6.07 Å². The van der Waals surface area contributed by atoms with Gasteiger partial charge in [0.05, 0.1) is 0 Å². The Balaban J connectivity index is 0.00000341. The van der Waals surface area contributed by atoms with Crippen LogP contribution >= 0.6 is 24.0 Å². The lowest BCUT2D eigenvalue weighted by Gasteiger charge is -2.34. The Morgan fingerprint density at radius 1 is 1.10 bits per heavy atom. The molecule has 0 amide bonds. The summed E-state index contributed by atoms with van der Waals surface area (Å²) in [7, 11) is 1.68. The van der Waals surface area contributed by atoms with Crippen LogP contribution in [-0.2, 0) is 6.54 Å². The van der Waals surface area contributed by atoms with E-state index in [4.69, 9.17) is 0 Å². The monoisotopic (exact) mass is 547 g/mol. The number of benzene rings is 1. The van der Waals surface area contributed by atoms with Crippen molar-refractivity contribution in [3.05, 3.63) is 48.3 Å². The molecule has 2 N–H and O–H groups in total. The lowest BCUT2D eigenvalue weighted by molar-refractivity contribution is -0.0504. The molecule has 8 nitrogen and oxygen atoms in total. The number of nitrogens with one attached hydrogen (secondary N) is 2. The van der Waals surface area contributed by atoms with Crippen molar-refractivity contribution in [1.29, 1.82) is 0 Å². The number of para-hydroxylation sites is 1. The van der Waals surface area contributed by atoms with Gasteiger partial charge in [0.2, 0.25) is 5.95 Å². The quantitative estimate of drug-likeness (QED) is 0.298. The summed E-state index contributed by atoms with van der Waals surface area (Å²) in [5.74, 6) is 1.55. The molecule has 1 aliphatic rings. The normalized spacial score (nSPS) is 14.8. The summed E-state index contributed by atoms with van der Waals surface area (Å²) < 4.78 is 29.6. The Morgan fingerprint density at radius 3 is 2.48 bits per heavy atom. The lowest BCUT2D eigenvalue weighted by Crippen LogP contribution is -2.49. The Morgan fingerprint density at radius 2 is 1.81 bits per heavy atom. The molecule has 11 heteroatoms. The van der Waals surface area contributed by atoms with Gasteiger partial charge in [0.1, 0.15) is 5.75 Å². The van der Waals surface area contributed by atoms with Crippen molar-refractivity contribution < 1.29 is 13.5 Å². The summed E-state index contributed by atoms with van der Waals surface area (Å²) in [6.45, 7) is 2.71. The molecular formula is C20H28F2IN7O. The largest absolute Gasteiger partial charge is 0.434 e. The van der Waals surface area contributed by atoms with Crippen LogP contribution in [0.2, 0.25) is 0 Å². The summed E-state index contributed by atoms with van der Waals surface area (Å²) >= 11 is 0. The van der Waals surface area contributed by atoms with E-state index in [1.54, 1.807) is 37.6 Å². The van der Waals surface area contributed by atoms with Crippen LogP contribution in [0.5, 0.6) is 5.75 Å². The number of aromatic nitrogens is 2. The highest BCUT2D eigenvalue weighted by molar-refractivity contribution is 14.0. The third kappa shape index (κ3) is 8.05. The van der Waals surface area contributed by atoms with E-state index >= 15 is 0 Å². The predicted molar refractivity (Wildman–Crippen MR) is 127 cm³/mol. The molecule has 0 spiro atoms. The first-order chi connectivity index (χ1) is 14.7. The Labute approximate surface area is 198 Å². The number of aliphatic imine (C=N–C) groups is 1. The van der Waals surface area contributed by atoms with Crippen molar-refractivity contribution in [2.24, 2.45) is 4.99 Å². The van der Waals surface area contributed by atoms with Crippen LogP contribution < -0.4 is 20.3 Å². The molecule has 31 heavy (non-hydrogen) atoms. The molecular weight excluding hydrogens is 519 g/mol. The number of ether oxygens (including phenoxy) is 1. The first-order valence-electron chi connectivity index (χ1n) is 9.87. The summed E-state index contributed by atoms with van der Waals surface area (Å²) in [5, 5.41) is 6.40. The summed E-state index contributed by atoms with van der Waals surface area (Å²) in [6.07, 6.45) is 3.52. The van der Waals surface area contributed by atoms with Gasteiger partial charge >= 0.3 is 6.61 Å². The van der Waals surface area contributed by atoms with Gasteiger partial charge in [-0.1, -0.05) is 18.2 Å².